The number of halogens is 1. The number of aromatic nitrogens is 5. The number of fused-ring (bicyclic) bond motifs is 3. The van der Waals surface area contributed by atoms with Gasteiger partial charge >= 0.3 is 5.97 Å². The molecule has 0 unspecified atom stereocenters. The molecule has 3 heterocycles. The molecule has 0 saturated heterocycles. The predicted molar refractivity (Wildman–Crippen MR) is 95.0 cm³/mol. The third kappa shape index (κ3) is 2.34. The normalized spacial score (nSPS) is 11.2. The number of rotatable bonds is 2. The zero-order valence-electron chi connectivity index (χ0n) is 13.8. The Hall–Kier alpha value is -3.26. The molecule has 4 aromatic rings. The zero-order chi connectivity index (χ0) is 18.4. The number of hydrogen-bond acceptors (Lipinski definition) is 6. The standard InChI is InChI=1S/C17H12ClN5O3/c1-9-3-4-10(18)7-13(9)22-6-5-12-14(16(22)24)20-21-15-11(17(25)26-2)8-19-23(12)15/h3-8H,1-2H3. The first-order chi connectivity index (χ1) is 12.5. The van der Waals surface area contributed by atoms with Gasteiger partial charge in [-0.25, -0.2) is 9.31 Å². The van der Waals surface area contributed by atoms with Crippen LogP contribution < -0.4 is 5.56 Å². The van der Waals surface area contributed by atoms with Crippen molar-refractivity contribution in [1.29, 1.82) is 0 Å². The van der Waals surface area contributed by atoms with Crippen molar-refractivity contribution in [2.75, 3.05) is 7.11 Å². The fraction of sp³-hybridized carbons (Fsp3) is 0.118. The molecule has 0 aliphatic heterocycles. The number of esters is 1. The quantitative estimate of drug-likeness (QED) is 0.503. The van der Waals surface area contributed by atoms with Gasteiger partial charge < -0.3 is 4.74 Å². The van der Waals surface area contributed by atoms with Crippen LogP contribution in [0, 0.1) is 6.92 Å². The first kappa shape index (κ1) is 16.2. The van der Waals surface area contributed by atoms with E-state index in [0.29, 0.717) is 16.2 Å². The number of methoxy groups -OCH3 is 1. The van der Waals surface area contributed by atoms with Crippen molar-refractivity contribution < 1.29 is 9.53 Å². The predicted octanol–water partition coefficient (Wildman–Crippen LogP) is 2.18. The van der Waals surface area contributed by atoms with Crippen LogP contribution in [0.4, 0.5) is 0 Å². The lowest BCUT2D eigenvalue weighted by Crippen LogP contribution is -2.21. The van der Waals surface area contributed by atoms with E-state index in [2.05, 4.69) is 15.3 Å². The van der Waals surface area contributed by atoms with Gasteiger partial charge in [-0.1, -0.05) is 17.7 Å². The number of benzene rings is 1. The van der Waals surface area contributed by atoms with E-state index < -0.39 is 5.97 Å². The molecule has 130 valence electrons. The number of nitrogens with zero attached hydrogens (tertiary/aromatic N) is 5. The number of carbonyl (C=O) groups is 1. The lowest BCUT2D eigenvalue weighted by Gasteiger charge is -2.10. The maximum atomic E-state index is 12.9. The van der Waals surface area contributed by atoms with Crippen LogP contribution in [0.2, 0.25) is 5.02 Å². The highest BCUT2D eigenvalue weighted by atomic mass is 35.5. The van der Waals surface area contributed by atoms with Crippen LogP contribution in [0.15, 0.2) is 41.5 Å². The Bertz CT molecular complexity index is 1240. The van der Waals surface area contributed by atoms with Gasteiger partial charge in [-0.2, -0.15) is 5.10 Å². The van der Waals surface area contributed by atoms with Gasteiger partial charge in [0.25, 0.3) is 5.56 Å². The average Bonchev–Trinajstić information content (AvgIpc) is 3.08. The highest BCUT2D eigenvalue weighted by Crippen LogP contribution is 2.20. The van der Waals surface area contributed by atoms with Gasteiger partial charge in [0.15, 0.2) is 11.2 Å². The van der Waals surface area contributed by atoms with Crippen LogP contribution >= 0.6 is 11.6 Å². The lowest BCUT2D eigenvalue weighted by atomic mass is 10.2. The molecule has 0 N–H and O–H groups in total. The Morgan fingerprint density at radius 2 is 2.04 bits per heavy atom. The number of hydrogen-bond donors (Lipinski definition) is 0. The Kier molecular flexibility index (Phi) is 3.69. The van der Waals surface area contributed by atoms with Gasteiger partial charge in [-0.15, -0.1) is 10.2 Å². The molecule has 0 saturated carbocycles. The second kappa shape index (κ2) is 5.92. The summed E-state index contributed by atoms with van der Waals surface area (Å²) in [5.74, 6) is -0.573. The minimum absolute atomic E-state index is 0.124. The molecule has 3 aromatic heterocycles. The summed E-state index contributed by atoms with van der Waals surface area (Å²) in [5, 5.41) is 12.7. The molecule has 0 fully saturated rings. The van der Waals surface area contributed by atoms with Crippen molar-refractivity contribution in [1.82, 2.24) is 24.4 Å². The number of ether oxygens (including phenoxy) is 1. The minimum atomic E-state index is -0.573. The third-order valence-electron chi connectivity index (χ3n) is 4.10. The van der Waals surface area contributed by atoms with E-state index in [9.17, 15) is 9.59 Å². The molecule has 0 amide bonds. The summed E-state index contributed by atoms with van der Waals surface area (Å²) in [7, 11) is 1.27. The van der Waals surface area contributed by atoms with E-state index in [1.165, 1.54) is 22.4 Å². The zero-order valence-corrected chi connectivity index (χ0v) is 14.6. The van der Waals surface area contributed by atoms with Crippen molar-refractivity contribution >= 4 is 34.3 Å². The van der Waals surface area contributed by atoms with E-state index in [4.69, 9.17) is 16.3 Å². The summed E-state index contributed by atoms with van der Waals surface area (Å²) in [4.78, 5) is 24.7. The van der Waals surface area contributed by atoms with Crippen molar-refractivity contribution in [2.24, 2.45) is 0 Å². The fourth-order valence-corrected chi connectivity index (χ4v) is 2.94. The van der Waals surface area contributed by atoms with Crippen LogP contribution in [0.1, 0.15) is 15.9 Å². The molecule has 8 nitrogen and oxygen atoms in total. The first-order valence-electron chi connectivity index (χ1n) is 7.62. The second-order valence-electron chi connectivity index (χ2n) is 5.64. The Morgan fingerprint density at radius 3 is 2.81 bits per heavy atom. The number of pyridine rings is 1. The Morgan fingerprint density at radius 1 is 1.23 bits per heavy atom. The largest absolute Gasteiger partial charge is 0.465 e. The first-order valence-corrected chi connectivity index (χ1v) is 7.99. The maximum absolute atomic E-state index is 12.9. The van der Waals surface area contributed by atoms with Crippen LogP contribution in [0.5, 0.6) is 0 Å². The van der Waals surface area contributed by atoms with Crippen molar-refractivity contribution in [3.05, 3.63) is 63.2 Å². The SMILES string of the molecule is COC(=O)c1cnn2c1nnc1c(=O)n(-c3cc(Cl)ccc3C)ccc12. The van der Waals surface area contributed by atoms with Crippen molar-refractivity contribution in [3.8, 4) is 5.69 Å². The molecule has 4 rings (SSSR count). The van der Waals surface area contributed by atoms with E-state index in [1.54, 1.807) is 24.4 Å². The van der Waals surface area contributed by atoms with E-state index in [0.717, 1.165) is 5.56 Å². The van der Waals surface area contributed by atoms with Crippen molar-refractivity contribution in [3.63, 3.8) is 0 Å². The van der Waals surface area contributed by atoms with E-state index >= 15 is 0 Å². The topological polar surface area (TPSA) is 91.4 Å². The van der Waals surface area contributed by atoms with Gasteiger partial charge in [0.05, 0.1) is 19.0 Å². The van der Waals surface area contributed by atoms with Crippen LogP contribution in [0.3, 0.4) is 0 Å². The number of aryl methyl sites for hydroxylation is 1. The smallest absolute Gasteiger partial charge is 0.343 e. The van der Waals surface area contributed by atoms with Crippen LogP contribution in [0.25, 0.3) is 22.4 Å². The van der Waals surface area contributed by atoms with Gasteiger partial charge in [-0.3, -0.25) is 9.36 Å². The highest BCUT2D eigenvalue weighted by Gasteiger charge is 2.18. The van der Waals surface area contributed by atoms with Crippen molar-refractivity contribution in [2.45, 2.75) is 6.92 Å². The number of carbonyl (C=O) groups excluding carboxylic acids is 1. The molecule has 26 heavy (non-hydrogen) atoms. The summed E-state index contributed by atoms with van der Waals surface area (Å²) in [6.07, 6.45) is 2.95. The summed E-state index contributed by atoms with van der Waals surface area (Å²) < 4.78 is 7.55. The van der Waals surface area contributed by atoms with Gasteiger partial charge in [0.2, 0.25) is 0 Å². The molecule has 9 heteroatoms. The molecule has 0 atom stereocenters. The fourth-order valence-electron chi connectivity index (χ4n) is 2.78. The molecule has 0 spiro atoms. The van der Waals surface area contributed by atoms with Crippen LogP contribution in [-0.4, -0.2) is 37.5 Å². The molecule has 0 aliphatic rings. The molecule has 0 radical (unpaired) electrons. The summed E-state index contributed by atoms with van der Waals surface area (Å²) in [6.45, 7) is 1.88. The van der Waals surface area contributed by atoms with Crippen LogP contribution in [-0.2, 0) is 4.74 Å². The molecule has 1 aromatic carbocycles. The average molecular weight is 370 g/mol. The second-order valence-corrected chi connectivity index (χ2v) is 6.08. The Balaban J connectivity index is 2.00. The van der Waals surface area contributed by atoms with Gasteiger partial charge in [0, 0.05) is 11.2 Å². The van der Waals surface area contributed by atoms with Gasteiger partial charge in [0.1, 0.15) is 11.1 Å². The minimum Gasteiger partial charge on any atom is -0.465 e. The van der Waals surface area contributed by atoms with E-state index in [1.807, 2.05) is 13.0 Å². The highest BCUT2D eigenvalue weighted by molar-refractivity contribution is 6.30. The van der Waals surface area contributed by atoms with E-state index in [-0.39, 0.29) is 22.3 Å². The molecule has 0 aliphatic carbocycles. The summed E-state index contributed by atoms with van der Waals surface area (Å²) in [5.41, 5.74) is 2.14. The third-order valence-corrected chi connectivity index (χ3v) is 4.33. The monoisotopic (exact) mass is 369 g/mol. The summed E-state index contributed by atoms with van der Waals surface area (Å²) in [6, 6.07) is 6.99. The Labute approximate surface area is 151 Å². The molecule has 0 bridgehead atoms. The molecular weight excluding hydrogens is 358 g/mol. The summed E-state index contributed by atoms with van der Waals surface area (Å²) >= 11 is 6.06. The maximum Gasteiger partial charge on any atom is 0.343 e. The molecular formula is C17H12ClN5O3. The van der Waals surface area contributed by atoms with Gasteiger partial charge in [-0.05, 0) is 30.7 Å². The lowest BCUT2D eigenvalue weighted by molar-refractivity contribution is 0.0602.